The summed E-state index contributed by atoms with van der Waals surface area (Å²) in [6, 6.07) is 4.81. The molecule has 0 radical (unpaired) electrons. The van der Waals surface area contributed by atoms with Gasteiger partial charge in [0, 0.05) is 44.7 Å². The van der Waals surface area contributed by atoms with Gasteiger partial charge in [0.2, 0.25) is 0 Å². The normalized spacial score (nSPS) is 16.5. The Bertz CT molecular complexity index is 513. The van der Waals surface area contributed by atoms with E-state index in [0.717, 1.165) is 50.4 Å². The first kappa shape index (κ1) is 16.0. The molecule has 0 spiro atoms. The van der Waals surface area contributed by atoms with Crippen LogP contribution >= 0.6 is 0 Å². The van der Waals surface area contributed by atoms with Gasteiger partial charge in [-0.2, -0.15) is 0 Å². The number of hydrogen-bond donors (Lipinski definition) is 1. The molecule has 1 heterocycles. The Hall–Kier alpha value is -1.41. The maximum absolute atomic E-state index is 13.4. The maximum Gasteiger partial charge on any atom is 0.124 e. The van der Waals surface area contributed by atoms with Gasteiger partial charge in [0.05, 0.1) is 6.61 Å². The Labute approximate surface area is 126 Å². The van der Waals surface area contributed by atoms with E-state index in [4.69, 9.17) is 5.11 Å². The molecule has 3 nitrogen and oxygen atoms in total. The van der Waals surface area contributed by atoms with E-state index >= 15 is 0 Å². The number of likely N-dealkylation sites (N-methyl/N-ethyl adjacent to an activating group) is 1. The summed E-state index contributed by atoms with van der Waals surface area (Å²) in [6.45, 7) is 8.38. The quantitative estimate of drug-likeness (QED) is 0.855. The second-order valence-electron chi connectivity index (χ2n) is 5.29. The molecule has 1 fully saturated rings. The lowest BCUT2D eigenvalue weighted by Crippen LogP contribution is -2.45. The zero-order valence-corrected chi connectivity index (χ0v) is 12.6. The minimum absolute atomic E-state index is 0.0383. The fourth-order valence-electron chi connectivity index (χ4n) is 2.52. The second-order valence-corrected chi connectivity index (χ2v) is 5.29. The fraction of sp³-hybridized carbons (Fsp3) is 0.529. The molecule has 0 amide bonds. The zero-order valence-electron chi connectivity index (χ0n) is 12.6. The highest BCUT2D eigenvalue weighted by Crippen LogP contribution is 2.14. The first-order chi connectivity index (χ1) is 10.2. The van der Waals surface area contributed by atoms with Crippen LogP contribution in [0.4, 0.5) is 4.39 Å². The number of halogens is 1. The average Bonchev–Trinajstić information content (AvgIpc) is 2.51. The third kappa shape index (κ3) is 4.82. The summed E-state index contributed by atoms with van der Waals surface area (Å²) in [7, 11) is 0. The number of rotatable bonds is 4. The Morgan fingerprint density at radius 3 is 2.57 bits per heavy atom. The number of benzene rings is 1. The summed E-state index contributed by atoms with van der Waals surface area (Å²) in [4.78, 5) is 4.82. The van der Waals surface area contributed by atoms with Crippen molar-refractivity contribution in [1.82, 2.24) is 9.80 Å². The van der Waals surface area contributed by atoms with Gasteiger partial charge < -0.3 is 10.0 Å². The van der Waals surface area contributed by atoms with Crippen LogP contribution in [0.5, 0.6) is 0 Å². The average molecular weight is 290 g/mol. The van der Waals surface area contributed by atoms with E-state index < -0.39 is 0 Å². The van der Waals surface area contributed by atoms with Gasteiger partial charge in [-0.25, -0.2) is 4.39 Å². The maximum atomic E-state index is 13.4. The van der Waals surface area contributed by atoms with E-state index in [1.165, 1.54) is 12.1 Å². The molecule has 1 aliphatic rings. The zero-order chi connectivity index (χ0) is 15.1. The minimum atomic E-state index is -0.261. The van der Waals surface area contributed by atoms with Crippen LogP contribution in [0.15, 0.2) is 18.2 Å². The minimum Gasteiger partial charge on any atom is -0.395 e. The summed E-state index contributed by atoms with van der Waals surface area (Å²) in [5, 5.41) is 8.79. The van der Waals surface area contributed by atoms with Crippen molar-refractivity contribution in [2.75, 3.05) is 39.3 Å². The van der Waals surface area contributed by atoms with Crippen LogP contribution in [0.2, 0.25) is 0 Å². The summed E-state index contributed by atoms with van der Waals surface area (Å²) in [6.07, 6.45) is 0.422. The standard InChI is InChI=1S/C17H23FN2O/c1-2-19-8-10-20(11-9-19)14-16-6-7-17(18)13-15(16)5-3-4-12-21/h6-7,13,21H,2,4,8-12,14H2,1H3. The third-order valence-electron chi connectivity index (χ3n) is 3.84. The molecule has 0 unspecified atom stereocenters. The summed E-state index contributed by atoms with van der Waals surface area (Å²) >= 11 is 0. The SMILES string of the molecule is CCN1CCN(Cc2ccc(F)cc2C#CCCO)CC1. The van der Waals surface area contributed by atoms with Crippen LogP contribution in [0, 0.1) is 17.7 Å². The predicted molar refractivity (Wildman–Crippen MR) is 82.4 cm³/mol. The molecule has 114 valence electrons. The molecule has 0 aromatic heterocycles. The molecular formula is C17H23FN2O. The Morgan fingerprint density at radius 1 is 1.19 bits per heavy atom. The van der Waals surface area contributed by atoms with Crippen molar-refractivity contribution >= 4 is 0 Å². The van der Waals surface area contributed by atoms with E-state index in [0.29, 0.717) is 6.42 Å². The number of hydrogen-bond acceptors (Lipinski definition) is 3. The second kappa shape index (κ2) is 8.14. The van der Waals surface area contributed by atoms with Gasteiger partial charge in [0.15, 0.2) is 0 Å². The van der Waals surface area contributed by atoms with Crippen molar-refractivity contribution in [1.29, 1.82) is 0 Å². The van der Waals surface area contributed by atoms with E-state index in [1.807, 2.05) is 6.07 Å². The number of aliphatic hydroxyl groups is 1. The van der Waals surface area contributed by atoms with Gasteiger partial charge in [0.1, 0.15) is 5.82 Å². The van der Waals surface area contributed by atoms with Gasteiger partial charge in [-0.1, -0.05) is 24.8 Å². The molecular weight excluding hydrogens is 267 g/mol. The first-order valence-corrected chi connectivity index (χ1v) is 7.55. The molecule has 0 aliphatic carbocycles. The Kier molecular flexibility index (Phi) is 6.19. The molecule has 0 bridgehead atoms. The van der Waals surface area contributed by atoms with Crippen molar-refractivity contribution in [3.8, 4) is 11.8 Å². The Morgan fingerprint density at radius 2 is 1.90 bits per heavy atom. The fourth-order valence-corrected chi connectivity index (χ4v) is 2.52. The van der Waals surface area contributed by atoms with Crippen LogP contribution in [0.25, 0.3) is 0 Å². The Balaban J connectivity index is 2.04. The van der Waals surface area contributed by atoms with Crippen molar-refractivity contribution in [2.24, 2.45) is 0 Å². The molecule has 4 heteroatoms. The van der Waals surface area contributed by atoms with Crippen LogP contribution in [-0.4, -0.2) is 54.2 Å². The number of nitrogens with zero attached hydrogens (tertiary/aromatic N) is 2. The molecule has 0 saturated carbocycles. The van der Waals surface area contributed by atoms with Crippen LogP contribution in [0.3, 0.4) is 0 Å². The van der Waals surface area contributed by atoms with Crippen LogP contribution in [-0.2, 0) is 6.54 Å². The third-order valence-corrected chi connectivity index (χ3v) is 3.84. The van der Waals surface area contributed by atoms with Crippen LogP contribution in [0.1, 0.15) is 24.5 Å². The molecule has 21 heavy (non-hydrogen) atoms. The van der Waals surface area contributed by atoms with Crippen molar-refractivity contribution < 1.29 is 9.50 Å². The highest BCUT2D eigenvalue weighted by atomic mass is 19.1. The van der Waals surface area contributed by atoms with Crippen LogP contribution < -0.4 is 0 Å². The lowest BCUT2D eigenvalue weighted by atomic mass is 10.1. The molecule has 1 aromatic rings. The summed E-state index contributed by atoms with van der Waals surface area (Å²) < 4.78 is 13.4. The highest BCUT2D eigenvalue weighted by molar-refractivity contribution is 5.41. The monoisotopic (exact) mass is 290 g/mol. The molecule has 2 rings (SSSR count). The molecule has 1 aliphatic heterocycles. The summed E-state index contributed by atoms with van der Waals surface area (Å²) in [5.41, 5.74) is 1.80. The van der Waals surface area contributed by atoms with Gasteiger partial charge >= 0.3 is 0 Å². The largest absolute Gasteiger partial charge is 0.395 e. The molecule has 0 atom stereocenters. The molecule has 1 N–H and O–H groups in total. The van der Waals surface area contributed by atoms with Crippen molar-refractivity contribution in [2.45, 2.75) is 19.9 Å². The van der Waals surface area contributed by atoms with Gasteiger partial charge in [-0.3, -0.25) is 4.90 Å². The number of piperazine rings is 1. The van der Waals surface area contributed by atoms with Crippen molar-refractivity contribution in [3.63, 3.8) is 0 Å². The lowest BCUT2D eigenvalue weighted by Gasteiger charge is -2.34. The smallest absolute Gasteiger partial charge is 0.124 e. The van der Waals surface area contributed by atoms with Crippen molar-refractivity contribution in [3.05, 3.63) is 35.1 Å². The number of aliphatic hydroxyl groups excluding tert-OH is 1. The van der Waals surface area contributed by atoms with E-state index in [2.05, 4.69) is 28.6 Å². The van der Waals surface area contributed by atoms with Gasteiger partial charge in [0.25, 0.3) is 0 Å². The van der Waals surface area contributed by atoms with E-state index in [-0.39, 0.29) is 12.4 Å². The van der Waals surface area contributed by atoms with E-state index in [1.54, 1.807) is 0 Å². The topological polar surface area (TPSA) is 26.7 Å². The van der Waals surface area contributed by atoms with Gasteiger partial charge in [-0.15, -0.1) is 0 Å². The first-order valence-electron chi connectivity index (χ1n) is 7.55. The summed E-state index contributed by atoms with van der Waals surface area (Å²) in [5.74, 6) is 5.60. The van der Waals surface area contributed by atoms with Gasteiger partial charge in [-0.05, 0) is 24.2 Å². The highest BCUT2D eigenvalue weighted by Gasteiger charge is 2.16. The van der Waals surface area contributed by atoms with E-state index in [9.17, 15) is 4.39 Å². The molecule has 1 saturated heterocycles. The molecule has 1 aromatic carbocycles. The predicted octanol–water partition coefficient (Wildman–Crippen LogP) is 1.70. The lowest BCUT2D eigenvalue weighted by molar-refractivity contribution is 0.132.